The van der Waals surface area contributed by atoms with Crippen LogP contribution in [0.4, 0.5) is 0 Å². The maximum Gasteiger partial charge on any atom is 0.311 e. The first-order valence-corrected chi connectivity index (χ1v) is 9.12. The largest absolute Gasteiger partial charge is 0.466 e. The molecule has 0 saturated heterocycles. The fourth-order valence-corrected chi connectivity index (χ4v) is 2.38. The lowest BCUT2D eigenvalue weighted by Crippen LogP contribution is -2.08. The van der Waals surface area contributed by atoms with Crippen molar-refractivity contribution in [2.75, 3.05) is 6.61 Å². The highest BCUT2D eigenvalue weighted by Crippen LogP contribution is 2.23. The van der Waals surface area contributed by atoms with Crippen molar-refractivity contribution in [3.8, 4) is 5.75 Å². The number of carbonyl (C=O) groups is 2. The summed E-state index contributed by atoms with van der Waals surface area (Å²) in [6, 6.07) is 6.89. The second-order valence-corrected chi connectivity index (χ2v) is 6.15. The summed E-state index contributed by atoms with van der Waals surface area (Å²) < 4.78 is 10.4. The summed E-state index contributed by atoms with van der Waals surface area (Å²) >= 11 is 5.93. The van der Waals surface area contributed by atoms with Gasteiger partial charge in [-0.15, -0.1) is 0 Å². The Morgan fingerprint density at radius 3 is 2.29 bits per heavy atom. The van der Waals surface area contributed by atoms with Crippen LogP contribution in [-0.2, 0) is 14.3 Å². The molecule has 0 N–H and O–H groups in total. The number of carbonyl (C=O) groups excluding carboxylic acids is 2. The minimum atomic E-state index is -0.304. The Bertz CT molecular complexity index is 502. The first kappa shape index (κ1) is 20.5. The van der Waals surface area contributed by atoms with Crippen molar-refractivity contribution >= 4 is 23.5 Å². The average Bonchev–Trinajstić information content (AvgIpc) is 2.56. The lowest BCUT2D eigenvalue weighted by Gasteiger charge is -2.06. The standard InChI is InChI=1S/C19H27ClO4/c1-2-3-4-10-15-23-18(21)13-6-5-7-14-19(22)24-17-12-9-8-11-16(17)20/h8-9,11-12H,2-7,10,13-15H2,1H3. The zero-order chi connectivity index (χ0) is 17.6. The van der Waals surface area contributed by atoms with Gasteiger partial charge < -0.3 is 9.47 Å². The number of hydrogen-bond acceptors (Lipinski definition) is 4. The molecule has 0 radical (unpaired) electrons. The molecule has 0 aliphatic rings. The van der Waals surface area contributed by atoms with Gasteiger partial charge in [0, 0.05) is 12.8 Å². The number of unbranched alkanes of at least 4 members (excludes halogenated alkanes) is 5. The monoisotopic (exact) mass is 354 g/mol. The van der Waals surface area contributed by atoms with Crippen molar-refractivity contribution < 1.29 is 19.1 Å². The number of rotatable bonds is 12. The van der Waals surface area contributed by atoms with E-state index in [4.69, 9.17) is 21.1 Å². The van der Waals surface area contributed by atoms with Gasteiger partial charge >= 0.3 is 11.9 Å². The topological polar surface area (TPSA) is 52.6 Å². The summed E-state index contributed by atoms with van der Waals surface area (Å²) in [5, 5.41) is 0.424. The molecule has 0 aliphatic heterocycles. The molecule has 0 unspecified atom stereocenters. The van der Waals surface area contributed by atoms with Crippen LogP contribution in [0, 0.1) is 0 Å². The van der Waals surface area contributed by atoms with Gasteiger partial charge in [0.05, 0.1) is 11.6 Å². The molecule has 0 atom stereocenters. The van der Waals surface area contributed by atoms with E-state index < -0.39 is 0 Å². The highest BCUT2D eigenvalue weighted by atomic mass is 35.5. The molecule has 1 rings (SSSR count). The predicted molar refractivity (Wildman–Crippen MR) is 95.3 cm³/mol. The van der Waals surface area contributed by atoms with Crippen LogP contribution >= 0.6 is 11.6 Å². The van der Waals surface area contributed by atoms with E-state index in [1.54, 1.807) is 24.3 Å². The normalized spacial score (nSPS) is 10.4. The molecular formula is C19H27ClO4. The maximum atomic E-state index is 11.7. The third-order valence-electron chi connectivity index (χ3n) is 3.58. The number of esters is 2. The Morgan fingerprint density at radius 2 is 1.58 bits per heavy atom. The fourth-order valence-electron chi connectivity index (χ4n) is 2.20. The van der Waals surface area contributed by atoms with E-state index in [1.165, 1.54) is 12.8 Å². The Balaban J connectivity index is 2.02. The molecule has 1 aromatic carbocycles. The summed E-state index contributed by atoms with van der Waals surface area (Å²) in [4.78, 5) is 23.2. The van der Waals surface area contributed by atoms with Crippen LogP contribution < -0.4 is 4.74 Å². The molecule has 134 valence electrons. The van der Waals surface area contributed by atoms with E-state index in [2.05, 4.69) is 6.92 Å². The van der Waals surface area contributed by atoms with Gasteiger partial charge in [0.1, 0.15) is 5.75 Å². The summed E-state index contributed by atoms with van der Waals surface area (Å²) in [6.07, 6.45) is 7.34. The SMILES string of the molecule is CCCCCCOC(=O)CCCCCC(=O)Oc1ccccc1Cl. The number of para-hydroxylation sites is 1. The lowest BCUT2D eigenvalue weighted by atomic mass is 10.1. The summed E-state index contributed by atoms with van der Waals surface area (Å²) in [5.41, 5.74) is 0. The van der Waals surface area contributed by atoms with Gasteiger partial charge in [-0.05, 0) is 31.4 Å². The van der Waals surface area contributed by atoms with Crippen molar-refractivity contribution in [1.29, 1.82) is 0 Å². The van der Waals surface area contributed by atoms with Gasteiger partial charge in [-0.1, -0.05) is 56.3 Å². The Kier molecular flexibility index (Phi) is 10.9. The Labute approximate surface area is 149 Å². The third-order valence-corrected chi connectivity index (χ3v) is 3.90. The molecule has 0 heterocycles. The second-order valence-electron chi connectivity index (χ2n) is 5.75. The smallest absolute Gasteiger partial charge is 0.311 e. The van der Waals surface area contributed by atoms with E-state index >= 15 is 0 Å². The van der Waals surface area contributed by atoms with E-state index in [-0.39, 0.29) is 11.9 Å². The minimum Gasteiger partial charge on any atom is -0.466 e. The van der Waals surface area contributed by atoms with Gasteiger partial charge in [-0.25, -0.2) is 0 Å². The average molecular weight is 355 g/mol. The zero-order valence-corrected chi connectivity index (χ0v) is 15.1. The molecule has 0 amide bonds. The maximum absolute atomic E-state index is 11.7. The van der Waals surface area contributed by atoms with Crippen molar-refractivity contribution in [2.45, 2.75) is 64.7 Å². The van der Waals surface area contributed by atoms with Crippen LogP contribution in [0.2, 0.25) is 5.02 Å². The van der Waals surface area contributed by atoms with Crippen LogP contribution in [0.5, 0.6) is 5.75 Å². The lowest BCUT2D eigenvalue weighted by molar-refractivity contribution is -0.143. The van der Waals surface area contributed by atoms with Crippen molar-refractivity contribution in [2.24, 2.45) is 0 Å². The summed E-state index contributed by atoms with van der Waals surface area (Å²) in [5.74, 6) is -0.0671. The molecule has 0 aromatic heterocycles. The molecule has 0 aliphatic carbocycles. The predicted octanol–water partition coefficient (Wildman–Crippen LogP) is 5.32. The fraction of sp³-hybridized carbons (Fsp3) is 0.579. The molecule has 0 fully saturated rings. The molecule has 24 heavy (non-hydrogen) atoms. The van der Waals surface area contributed by atoms with E-state index in [0.29, 0.717) is 36.6 Å². The third kappa shape index (κ3) is 9.56. The molecule has 5 heteroatoms. The number of benzene rings is 1. The zero-order valence-electron chi connectivity index (χ0n) is 14.4. The second kappa shape index (κ2) is 12.8. The van der Waals surface area contributed by atoms with Crippen LogP contribution in [0.25, 0.3) is 0 Å². The highest BCUT2D eigenvalue weighted by molar-refractivity contribution is 6.32. The Hall–Kier alpha value is -1.55. The van der Waals surface area contributed by atoms with Crippen LogP contribution in [0.15, 0.2) is 24.3 Å². The summed E-state index contributed by atoms with van der Waals surface area (Å²) in [6.45, 7) is 2.67. The van der Waals surface area contributed by atoms with Crippen LogP contribution in [-0.4, -0.2) is 18.5 Å². The molecule has 0 saturated carbocycles. The van der Waals surface area contributed by atoms with Gasteiger partial charge in [0.15, 0.2) is 0 Å². The highest BCUT2D eigenvalue weighted by Gasteiger charge is 2.08. The van der Waals surface area contributed by atoms with Crippen LogP contribution in [0.3, 0.4) is 0 Å². The van der Waals surface area contributed by atoms with E-state index in [1.807, 2.05) is 0 Å². The summed E-state index contributed by atoms with van der Waals surface area (Å²) in [7, 11) is 0. The molecule has 4 nitrogen and oxygen atoms in total. The van der Waals surface area contributed by atoms with Crippen LogP contribution in [0.1, 0.15) is 64.7 Å². The molecular weight excluding hydrogens is 328 g/mol. The molecule has 0 spiro atoms. The first-order chi connectivity index (χ1) is 11.6. The van der Waals surface area contributed by atoms with Crippen molar-refractivity contribution in [3.63, 3.8) is 0 Å². The van der Waals surface area contributed by atoms with Gasteiger partial charge in [-0.2, -0.15) is 0 Å². The minimum absolute atomic E-state index is 0.148. The van der Waals surface area contributed by atoms with Crippen molar-refractivity contribution in [1.82, 2.24) is 0 Å². The van der Waals surface area contributed by atoms with E-state index in [9.17, 15) is 9.59 Å². The van der Waals surface area contributed by atoms with E-state index in [0.717, 1.165) is 25.7 Å². The van der Waals surface area contributed by atoms with Gasteiger partial charge in [0.25, 0.3) is 0 Å². The molecule has 0 bridgehead atoms. The Morgan fingerprint density at radius 1 is 0.917 bits per heavy atom. The molecule has 1 aromatic rings. The van der Waals surface area contributed by atoms with Crippen molar-refractivity contribution in [3.05, 3.63) is 29.3 Å². The number of ether oxygens (including phenoxy) is 2. The quantitative estimate of drug-likeness (QED) is 0.289. The number of hydrogen-bond donors (Lipinski definition) is 0. The van der Waals surface area contributed by atoms with Gasteiger partial charge in [-0.3, -0.25) is 9.59 Å². The van der Waals surface area contributed by atoms with Gasteiger partial charge in [0.2, 0.25) is 0 Å². The number of halogens is 1. The first-order valence-electron chi connectivity index (χ1n) is 8.74.